The molecule has 0 radical (unpaired) electrons. The van der Waals surface area contributed by atoms with Gasteiger partial charge in [0.15, 0.2) is 0 Å². The molecule has 0 bridgehead atoms. The first-order valence-corrected chi connectivity index (χ1v) is 6.10. The lowest BCUT2D eigenvalue weighted by Gasteiger charge is -2.10. The fourth-order valence-corrected chi connectivity index (χ4v) is 2.00. The average Bonchev–Trinajstić information content (AvgIpc) is 3.08. The van der Waals surface area contributed by atoms with Crippen molar-refractivity contribution in [2.24, 2.45) is 11.8 Å². The van der Waals surface area contributed by atoms with Gasteiger partial charge in [0.1, 0.15) is 0 Å². The van der Waals surface area contributed by atoms with E-state index in [1.165, 1.54) is 19.2 Å². The van der Waals surface area contributed by atoms with Gasteiger partial charge in [-0.25, -0.2) is 0 Å². The third-order valence-electron chi connectivity index (χ3n) is 3.30. The smallest absolute Gasteiger partial charge is 0.269 e. The SMILES string of the molecule is COCc1cc([N+](=O)[O-])ccc1NC(=O)[C@H]1C[C@H]1C. The molecule has 6 nitrogen and oxygen atoms in total. The first kappa shape index (κ1) is 13.5. The van der Waals surface area contributed by atoms with Gasteiger partial charge < -0.3 is 10.1 Å². The number of carbonyl (C=O) groups excluding carboxylic acids is 1. The molecule has 1 fully saturated rings. The van der Waals surface area contributed by atoms with Crippen LogP contribution in [0.25, 0.3) is 0 Å². The van der Waals surface area contributed by atoms with Gasteiger partial charge >= 0.3 is 0 Å². The number of methoxy groups -OCH3 is 1. The minimum Gasteiger partial charge on any atom is -0.380 e. The number of rotatable bonds is 5. The van der Waals surface area contributed by atoms with Crippen LogP contribution in [-0.4, -0.2) is 17.9 Å². The highest BCUT2D eigenvalue weighted by atomic mass is 16.6. The van der Waals surface area contributed by atoms with Gasteiger partial charge in [0.05, 0.1) is 11.5 Å². The van der Waals surface area contributed by atoms with Crippen molar-refractivity contribution in [2.45, 2.75) is 20.0 Å². The summed E-state index contributed by atoms with van der Waals surface area (Å²) < 4.78 is 5.01. The molecule has 0 heterocycles. The van der Waals surface area contributed by atoms with Crippen molar-refractivity contribution in [1.29, 1.82) is 0 Å². The largest absolute Gasteiger partial charge is 0.380 e. The highest BCUT2D eigenvalue weighted by Crippen LogP contribution is 2.38. The Balaban J connectivity index is 2.18. The number of hydrogen-bond acceptors (Lipinski definition) is 4. The first-order chi connectivity index (χ1) is 9.02. The van der Waals surface area contributed by atoms with E-state index in [4.69, 9.17) is 4.74 Å². The number of amides is 1. The van der Waals surface area contributed by atoms with E-state index in [1.54, 1.807) is 6.07 Å². The third-order valence-corrected chi connectivity index (χ3v) is 3.30. The molecule has 1 aliphatic rings. The Morgan fingerprint density at radius 3 is 2.79 bits per heavy atom. The number of anilines is 1. The summed E-state index contributed by atoms with van der Waals surface area (Å²) in [5, 5.41) is 13.5. The topological polar surface area (TPSA) is 81.5 Å². The van der Waals surface area contributed by atoms with Crippen molar-refractivity contribution in [3.8, 4) is 0 Å². The molecule has 1 saturated carbocycles. The van der Waals surface area contributed by atoms with E-state index in [0.717, 1.165) is 6.42 Å². The Hall–Kier alpha value is -1.95. The van der Waals surface area contributed by atoms with Gasteiger partial charge in [-0.05, 0) is 18.4 Å². The molecular formula is C13H16N2O4. The van der Waals surface area contributed by atoms with Crippen molar-refractivity contribution in [3.05, 3.63) is 33.9 Å². The van der Waals surface area contributed by atoms with Crippen LogP contribution in [0.2, 0.25) is 0 Å². The molecule has 0 saturated heterocycles. The van der Waals surface area contributed by atoms with Crippen molar-refractivity contribution in [2.75, 3.05) is 12.4 Å². The fourth-order valence-electron chi connectivity index (χ4n) is 2.00. The van der Waals surface area contributed by atoms with Crippen LogP contribution in [-0.2, 0) is 16.1 Å². The second-order valence-corrected chi connectivity index (χ2v) is 4.84. The summed E-state index contributed by atoms with van der Waals surface area (Å²) in [4.78, 5) is 22.1. The average molecular weight is 264 g/mol. The van der Waals surface area contributed by atoms with Crippen molar-refractivity contribution in [3.63, 3.8) is 0 Å². The molecule has 19 heavy (non-hydrogen) atoms. The van der Waals surface area contributed by atoms with Crippen LogP contribution in [0.4, 0.5) is 11.4 Å². The molecule has 2 atom stereocenters. The Bertz CT molecular complexity index is 515. The van der Waals surface area contributed by atoms with Gasteiger partial charge in [0.25, 0.3) is 5.69 Å². The lowest BCUT2D eigenvalue weighted by atomic mass is 10.1. The zero-order valence-electron chi connectivity index (χ0n) is 10.9. The van der Waals surface area contributed by atoms with Crippen molar-refractivity contribution >= 4 is 17.3 Å². The number of nitrogens with zero attached hydrogens (tertiary/aromatic N) is 1. The molecule has 0 spiro atoms. The molecule has 102 valence electrons. The molecule has 6 heteroatoms. The number of nitro benzene ring substituents is 1. The molecule has 1 aromatic rings. The number of ether oxygens (including phenoxy) is 1. The summed E-state index contributed by atoms with van der Waals surface area (Å²) >= 11 is 0. The Morgan fingerprint density at radius 1 is 1.58 bits per heavy atom. The number of non-ortho nitro benzene ring substituents is 1. The number of hydrogen-bond donors (Lipinski definition) is 1. The van der Waals surface area contributed by atoms with Crippen LogP contribution in [0.1, 0.15) is 18.9 Å². The molecular weight excluding hydrogens is 248 g/mol. The second-order valence-electron chi connectivity index (χ2n) is 4.84. The third kappa shape index (κ3) is 3.08. The lowest BCUT2D eigenvalue weighted by molar-refractivity contribution is -0.384. The van der Waals surface area contributed by atoms with Crippen LogP contribution in [0.5, 0.6) is 0 Å². The van der Waals surface area contributed by atoms with E-state index in [1.807, 2.05) is 6.92 Å². The van der Waals surface area contributed by atoms with E-state index in [9.17, 15) is 14.9 Å². The Morgan fingerprint density at radius 2 is 2.26 bits per heavy atom. The van der Waals surface area contributed by atoms with E-state index in [0.29, 0.717) is 17.2 Å². The maximum atomic E-state index is 11.9. The minimum atomic E-state index is -0.465. The summed E-state index contributed by atoms with van der Waals surface area (Å²) in [6.07, 6.45) is 0.901. The number of carbonyl (C=O) groups is 1. The van der Waals surface area contributed by atoms with E-state index < -0.39 is 4.92 Å². The van der Waals surface area contributed by atoms with Gasteiger partial charge in [0.2, 0.25) is 5.91 Å². The predicted octanol–water partition coefficient (Wildman–Crippen LogP) is 2.34. The Kier molecular flexibility index (Phi) is 3.80. The summed E-state index contributed by atoms with van der Waals surface area (Å²) in [5.74, 6) is 0.452. The monoisotopic (exact) mass is 264 g/mol. The van der Waals surface area contributed by atoms with Crippen LogP contribution in [0.15, 0.2) is 18.2 Å². The van der Waals surface area contributed by atoms with E-state index in [-0.39, 0.29) is 24.1 Å². The highest BCUT2D eigenvalue weighted by Gasteiger charge is 2.39. The number of benzene rings is 1. The van der Waals surface area contributed by atoms with Gasteiger partial charge in [-0.1, -0.05) is 6.92 Å². The molecule has 2 rings (SSSR count). The fraction of sp³-hybridized carbons (Fsp3) is 0.462. The summed E-state index contributed by atoms with van der Waals surface area (Å²) in [7, 11) is 1.51. The molecule has 0 aromatic heterocycles. The maximum absolute atomic E-state index is 11.9. The second kappa shape index (κ2) is 5.36. The molecule has 1 amide bonds. The molecule has 0 aliphatic heterocycles. The highest BCUT2D eigenvalue weighted by molar-refractivity contribution is 5.95. The minimum absolute atomic E-state index is 0.00941. The molecule has 0 unspecified atom stereocenters. The quantitative estimate of drug-likeness (QED) is 0.653. The van der Waals surface area contributed by atoms with Crippen LogP contribution >= 0.6 is 0 Å². The van der Waals surface area contributed by atoms with Gasteiger partial charge in [-0.2, -0.15) is 0 Å². The van der Waals surface area contributed by atoms with E-state index in [2.05, 4.69) is 5.32 Å². The van der Waals surface area contributed by atoms with Crippen LogP contribution in [0, 0.1) is 22.0 Å². The van der Waals surface area contributed by atoms with Gasteiger partial charge in [0, 0.05) is 36.4 Å². The van der Waals surface area contributed by atoms with Crippen molar-refractivity contribution in [1.82, 2.24) is 0 Å². The molecule has 1 aliphatic carbocycles. The van der Waals surface area contributed by atoms with E-state index >= 15 is 0 Å². The van der Waals surface area contributed by atoms with Crippen LogP contribution < -0.4 is 5.32 Å². The number of nitro groups is 1. The molecule has 1 aromatic carbocycles. The van der Waals surface area contributed by atoms with Crippen molar-refractivity contribution < 1.29 is 14.5 Å². The zero-order chi connectivity index (χ0) is 14.0. The molecule has 1 N–H and O–H groups in total. The summed E-state index contributed by atoms with van der Waals surface area (Å²) in [6.45, 7) is 2.24. The maximum Gasteiger partial charge on any atom is 0.269 e. The first-order valence-electron chi connectivity index (χ1n) is 6.10. The van der Waals surface area contributed by atoms with Gasteiger partial charge in [-0.3, -0.25) is 14.9 Å². The lowest BCUT2D eigenvalue weighted by Crippen LogP contribution is -2.16. The van der Waals surface area contributed by atoms with Crippen LogP contribution in [0.3, 0.4) is 0 Å². The number of nitrogens with one attached hydrogen (secondary N) is 1. The Labute approximate surface area is 110 Å². The normalized spacial score (nSPS) is 20.9. The zero-order valence-corrected chi connectivity index (χ0v) is 10.9. The summed E-state index contributed by atoms with van der Waals surface area (Å²) in [6, 6.07) is 4.36. The standard InChI is InChI=1S/C13H16N2O4/c1-8-5-11(8)13(16)14-12-4-3-10(15(17)18)6-9(12)7-19-2/h3-4,6,8,11H,5,7H2,1-2H3,(H,14,16)/t8-,11+/m1/s1. The predicted molar refractivity (Wildman–Crippen MR) is 69.7 cm³/mol. The van der Waals surface area contributed by atoms with Gasteiger partial charge in [-0.15, -0.1) is 0 Å². The summed E-state index contributed by atoms with van der Waals surface area (Å²) in [5.41, 5.74) is 1.18.